The van der Waals surface area contributed by atoms with E-state index in [0.717, 1.165) is 22.3 Å². The molecule has 0 saturated carbocycles. The predicted molar refractivity (Wildman–Crippen MR) is 110 cm³/mol. The molecule has 0 unspecified atom stereocenters. The van der Waals surface area contributed by atoms with E-state index in [9.17, 15) is 9.18 Å². The highest BCUT2D eigenvalue weighted by Gasteiger charge is 2.07. The summed E-state index contributed by atoms with van der Waals surface area (Å²) in [5, 5.41) is 2.61. The van der Waals surface area contributed by atoms with Crippen molar-refractivity contribution in [3.8, 4) is 17.0 Å². The number of aryl methyl sites for hydroxylation is 1. The topological polar surface area (TPSA) is 64.1 Å². The summed E-state index contributed by atoms with van der Waals surface area (Å²) in [6.07, 6.45) is 1.73. The molecule has 1 N–H and O–H groups in total. The fraction of sp³-hybridized carbons (Fsp3) is 0.0870. The van der Waals surface area contributed by atoms with Crippen LogP contribution in [0.25, 0.3) is 22.3 Å². The number of carbonyl (C=O) groups is 1. The fourth-order valence-electron chi connectivity index (χ4n) is 2.83. The van der Waals surface area contributed by atoms with Gasteiger partial charge < -0.3 is 10.1 Å². The van der Waals surface area contributed by atoms with Gasteiger partial charge in [-0.1, -0.05) is 18.2 Å². The molecule has 1 heterocycles. The number of hydrogen-bond donors (Lipinski definition) is 1. The van der Waals surface area contributed by atoms with Gasteiger partial charge in [-0.15, -0.1) is 0 Å². The standard InChI is InChI=1S/C23H18FN3O2/c1-15-6-9-17(12-19(15)24)26-23(28)14-29-18-10-7-16(8-11-18)22-13-25-20-4-2-3-5-21(20)27-22/h2-13H,14H2,1H3,(H,26,28). The van der Waals surface area contributed by atoms with E-state index in [4.69, 9.17) is 4.74 Å². The summed E-state index contributed by atoms with van der Waals surface area (Å²) in [5.74, 6) is -0.179. The van der Waals surface area contributed by atoms with Crippen LogP contribution in [0, 0.1) is 12.7 Å². The first-order valence-corrected chi connectivity index (χ1v) is 9.09. The number of rotatable bonds is 5. The first-order valence-electron chi connectivity index (χ1n) is 9.09. The zero-order chi connectivity index (χ0) is 20.2. The first kappa shape index (κ1) is 18.6. The number of amides is 1. The van der Waals surface area contributed by atoms with Gasteiger partial charge >= 0.3 is 0 Å². The second-order valence-electron chi connectivity index (χ2n) is 6.57. The molecule has 0 spiro atoms. The minimum Gasteiger partial charge on any atom is -0.484 e. The number of anilines is 1. The van der Waals surface area contributed by atoms with Crippen LogP contribution in [0.5, 0.6) is 5.75 Å². The lowest BCUT2D eigenvalue weighted by Crippen LogP contribution is -2.20. The van der Waals surface area contributed by atoms with Gasteiger partial charge in [-0.3, -0.25) is 9.78 Å². The van der Waals surface area contributed by atoms with Crippen molar-refractivity contribution in [3.05, 3.63) is 84.3 Å². The minimum absolute atomic E-state index is 0.176. The number of hydrogen-bond acceptors (Lipinski definition) is 4. The Morgan fingerprint density at radius 3 is 2.55 bits per heavy atom. The highest BCUT2D eigenvalue weighted by atomic mass is 19.1. The number of halogens is 1. The third kappa shape index (κ3) is 4.38. The molecule has 6 heteroatoms. The molecule has 0 fully saturated rings. The van der Waals surface area contributed by atoms with Crippen LogP contribution in [0.2, 0.25) is 0 Å². The van der Waals surface area contributed by atoms with Crippen molar-refractivity contribution < 1.29 is 13.9 Å². The van der Waals surface area contributed by atoms with Gasteiger partial charge in [0.1, 0.15) is 11.6 Å². The number of nitrogens with one attached hydrogen (secondary N) is 1. The molecule has 4 rings (SSSR count). The number of ether oxygens (including phenoxy) is 1. The van der Waals surface area contributed by atoms with E-state index in [-0.39, 0.29) is 18.3 Å². The quantitative estimate of drug-likeness (QED) is 0.536. The van der Waals surface area contributed by atoms with Crippen LogP contribution in [-0.4, -0.2) is 22.5 Å². The van der Waals surface area contributed by atoms with Gasteiger partial charge in [0.25, 0.3) is 5.91 Å². The van der Waals surface area contributed by atoms with Crippen molar-refractivity contribution in [1.29, 1.82) is 0 Å². The lowest BCUT2D eigenvalue weighted by Gasteiger charge is -2.09. The van der Waals surface area contributed by atoms with E-state index < -0.39 is 0 Å². The Hall–Kier alpha value is -3.80. The summed E-state index contributed by atoms with van der Waals surface area (Å²) < 4.78 is 19.1. The van der Waals surface area contributed by atoms with Crippen molar-refractivity contribution in [1.82, 2.24) is 9.97 Å². The summed E-state index contributed by atoms with van der Waals surface area (Å²) in [6.45, 7) is 1.49. The van der Waals surface area contributed by atoms with Crippen molar-refractivity contribution in [2.24, 2.45) is 0 Å². The van der Waals surface area contributed by atoms with Gasteiger partial charge in [-0.05, 0) is 61.0 Å². The molecular weight excluding hydrogens is 369 g/mol. The fourth-order valence-corrected chi connectivity index (χ4v) is 2.83. The number of fused-ring (bicyclic) bond motifs is 1. The molecule has 3 aromatic carbocycles. The summed E-state index contributed by atoms with van der Waals surface area (Å²) in [4.78, 5) is 21.0. The average molecular weight is 387 g/mol. The Labute approximate surface area is 167 Å². The van der Waals surface area contributed by atoms with Gasteiger partial charge in [-0.25, -0.2) is 9.37 Å². The lowest BCUT2D eigenvalue weighted by atomic mass is 10.1. The highest BCUT2D eigenvalue weighted by molar-refractivity contribution is 5.91. The molecule has 5 nitrogen and oxygen atoms in total. The van der Waals surface area contributed by atoms with Crippen LogP contribution in [-0.2, 0) is 4.79 Å². The van der Waals surface area contributed by atoms with Gasteiger partial charge in [0.05, 0.1) is 22.9 Å². The molecule has 4 aromatic rings. The summed E-state index contributed by atoms with van der Waals surface area (Å²) in [6, 6.07) is 19.5. The maximum absolute atomic E-state index is 13.6. The molecule has 0 atom stereocenters. The molecule has 0 bridgehead atoms. The number of benzene rings is 3. The first-order chi connectivity index (χ1) is 14.1. The Morgan fingerprint density at radius 1 is 1.03 bits per heavy atom. The maximum atomic E-state index is 13.6. The van der Waals surface area contributed by atoms with E-state index >= 15 is 0 Å². The smallest absolute Gasteiger partial charge is 0.262 e. The van der Waals surface area contributed by atoms with E-state index in [1.165, 1.54) is 6.07 Å². The van der Waals surface area contributed by atoms with Gasteiger partial charge in [0.15, 0.2) is 6.61 Å². The number of nitrogens with zero attached hydrogens (tertiary/aromatic N) is 2. The van der Waals surface area contributed by atoms with Crippen molar-refractivity contribution in [2.45, 2.75) is 6.92 Å². The monoisotopic (exact) mass is 387 g/mol. The Morgan fingerprint density at radius 2 is 1.79 bits per heavy atom. The van der Waals surface area contributed by atoms with Crippen molar-refractivity contribution >= 4 is 22.6 Å². The molecule has 0 saturated heterocycles. The van der Waals surface area contributed by atoms with E-state index in [1.54, 1.807) is 37.4 Å². The lowest BCUT2D eigenvalue weighted by molar-refractivity contribution is -0.118. The molecular formula is C23H18FN3O2. The number of para-hydroxylation sites is 2. The Balaban J connectivity index is 1.38. The Kier molecular flexibility index (Phi) is 5.16. The molecule has 0 radical (unpaired) electrons. The predicted octanol–water partition coefficient (Wildman–Crippen LogP) is 4.76. The Bertz CT molecular complexity index is 1180. The van der Waals surface area contributed by atoms with Crippen LogP contribution in [0.1, 0.15) is 5.56 Å². The summed E-state index contributed by atoms with van der Waals surface area (Å²) >= 11 is 0. The van der Waals surface area contributed by atoms with Crippen LogP contribution in [0.3, 0.4) is 0 Å². The minimum atomic E-state index is -0.365. The number of carbonyl (C=O) groups excluding carboxylic acids is 1. The average Bonchev–Trinajstić information content (AvgIpc) is 2.75. The molecule has 144 valence electrons. The van der Waals surface area contributed by atoms with Crippen LogP contribution >= 0.6 is 0 Å². The van der Waals surface area contributed by atoms with Gasteiger partial charge in [-0.2, -0.15) is 0 Å². The molecule has 29 heavy (non-hydrogen) atoms. The molecule has 1 amide bonds. The molecule has 0 aliphatic carbocycles. The van der Waals surface area contributed by atoms with E-state index in [2.05, 4.69) is 15.3 Å². The van der Waals surface area contributed by atoms with Crippen LogP contribution in [0.15, 0.2) is 72.9 Å². The van der Waals surface area contributed by atoms with Crippen molar-refractivity contribution in [3.63, 3.8) is 0 Å². The van der Waals surface area contributed by atoms with Gasteiger partial charge in [0.2, 0.25) is 0 Å². The second-order valence-corrected chi connectivity index (χ2v) is 6.57. The third-order valence-electron chi connectivity index (χ3n) is 4.42. The maximum Gasteiger partial charge on any atom is 0.262 e. The van der Waals surface area contributed by atoms with E-state index in [0.29, 0.717) is 17.0 Å². The van der Waals surface area contributed by atoms with Crippen LogP contribution < -0.4 is 10.1 Å². The van der Waals surface area contributed by atoms with E-state index in [1.807, 2.05) is 36.4 Å². The summed E-state index contributed by atoms with van der Waals surface area (Å²) in [7, 11) is 0. The van der Waals surface area contributed by atoms with Crippen molar-refractivity contribution in [2.75, 3.05) is 11.9 Å². The SMILES string of the molecule is Cc1ccc(NC(=O)COc2ccc(-c3cnc4ccccc4n3)cc2)cc1F. The summed E-state index contributed by atoms with van der Waals surface area (Å²) in [5.41, 5.74) is 4.25. The zero-order valence-electron chi connectivity index (χ0n) is 15.7. The second kappa shape index (κ2) is 8.06. The molecule has 0 aliphatic rings. The largest absolute Gasteiger partial charge is 0.484 e. The zero-order valence-corrected chi connectivity index (χ0v) is 15.7. The number of aromatic nitrogens is 2. The molecule has 1 aromatic heterocycles. The van der Waals surface area contributed by atoms with Gasteiger partial charge in [0, 0.05) is 11.3 Å². The third-order valence-corrected chi connectivity index (χ3v) is 4.42. The molecule has 0 aliphatic heterocycles. The highest BCUT2D eigenvalue weighted by Crippen LogP contribution is 2.22. The van der Waals surface area contributed by atoms with Crippen LogP contribution in [0.4, 0.5) is 10.1 Å². The normalized spacial score (nSPS) is 10.7.